The van der Waals surface area contributed by atoms with Crippen molar-refractivity contribution in [1.29, 1.82) is 0 Å². The average Bonchev–Trinajstić information content (AvgIpc) is 3.05. The van der Waals surface area contributed by atoms with Crippen LogP contribution in [0.25, 0.3) is 10.9 Å². The summed E-state index contributed by atoms with van der Waals surface area (Å²) in [6.45, 7) is 2.99. The number of nitrogens with zero attached hydrogens (tertiary/aromatic N) is 1. The highest BCUT2D eigenvalue weighted by atomic mass is 35.5. The first-order chi connectivity index (χ1) is 16.8. The third kappa shape index (κ3) is 5.91. The summed E-state index contributed by atoms with van der Waals surface area (Å²) in [5, 5.41) is 12.3. The molecule has 0 radical (unpaired) electrons. The lowest BCUT2D eigenvalue weighted by Gasteiger charge is -2.11. The van der Waals surface area contributed by atoms with Gasteiger partial charge < -0.3 is 19.9 Å². The minimum absolute atomic E-state index is 0.0720. The van der Waals surface area contributed by atoms with E-state index in [9.17, 15) is 27.6 Å². The van der Waals surface area contributed by atoms with Gasteiger partial charge in [-0.25, -0.2) is 0 Å². The lowest BCUT2D eigenvalue weighted by Crippen LogP contribution is -2.32. The molecule has 1 amide bonds. The molecule has 0 aliphatic heterocycles. The molecule has 12 heteroatoms. The van der Waals surface area contributed by atoms with Gasteiger partial charge in [-0.05, 0) is 48.9 Å². The third-order valence-electron chi connectivity index (χ3n) is 5.51. The number of carboxylic acids is 1. The summed E-state index contributed by atoms with van der Waals surface area (Å²) in [5.41, 5.74) is 1.31. The molecule has 3 aromatic rings. The van der Waals surface area contributed by atoms with E-state index in [0.29, 0.717) is 27.9 Å². The van der Waals surface area contributed by atoms with Crippen LogP contribution in [0.3, 0.4) is 0 Å². The number of carbonyl (C=O) groups is 3. The molecule has 1 unspecified atom stereocenters. The van der Waals surface area contributed by atoms with Crippen LogP contribution in [0.5, 0.6) is 11.5 Å². The predicted octanol–water partition coefficient (Wildman–Crippen LogP) is 4.58. The molecule has 0 spiro atoms. The van der Waals surface area contributed by atoms with E-state index in [-0.39, 0.29) is 23.6 Å². The van der Waals surface area contributed by atoms with Gasteiger partial charge in [0.15, 0.2) is 0 Å². The van der Waals surface area contributed by atoms with Gasteiger partial charge in [-0.3, -0.25) is 19.0 Å². The van der Waals surface area contributed by atoms with Crippen molar-refractivity contribution in [3.63, 3.8) is 0 Å². The topological polar surface area (TPSA) is 107 Å². The third-order valence-corrected chi connectivity index (χ3v) is 5.81. The van der Waals surface area contributed by atoms with Gasteiger partial charge >= 0.3 is 12.3 Å². The molecule has 0 aliphatic rings. The Labute approximate surface area is 208 Å². The first-order valence-corrected chi connectivity index (χ1v) is 11.0. The Hall–Kier alpha value is -3.73. The number of methoxy groups -OCH3 is 1. The maximum Gasteiger partial charge on any atom is 0.573 e. The Kier molecular flexibility index (Phi) is 7.83. The van der Waals surface area contributed by atoms with Gasteiger partial charge in [0.2, 0.25) is 5.91 Å². The number of amides is 1. The SMILES string of the molecule is COc1cc2c(CC(=O)NCC(C)C(=O)O)c(C)n(C(=O)c3ccc(OC(F)(F)F)cc3)c2cc1Cl. The monoisotopic (exact) mass is 526 g/mol. The summed E-state index contributed by atoms with van der Waals surface area (Å²) in [6, 6.07) is 7.51. The number of aliphatic carboxylic acids is 1. The molecule has 0 bridgehead atoms. The summed E-state index contributed by atoms with van der Waals surface area (Å²) >= 11 is 6.28. The zero-order valence-corrected chi connectivity index (χ0v) is 20.2. The highest BCUT2D eigenvalue weighted by molar-refractivity contribution is 6.33. The van der Waals surface area contributed by atoms with Crippen molar-refractivity contribution in [2.75, 3.05) is 13.7 Å². The largest absolute Gasteiger partial charge is 0.573 e. The normalized spacial score (nSPS) is 12.3. The number of nitrogens with one attached hydrogen (secondary N) is 1. The number of hydrogen-bond acceptors (Lipinski definition) is 5. The van der Waals surface area contributed by atoms with E-state index in [1.807, 2.05) is 0 Å². The Morgan fingerprint density at radius 1 is 1.17 bits per heavy atom. The van der Waals surface area contributed by atoms with Gasteiger partial charge in [0, 0.05) is 23.2 Å². The van der Waals surface area contributed by atoms with E-state index >= 15 is 0 Å². The van der Waals surface area contributed by atoms with Crippen LogP contribution in [0.4, 0.5) is 13.2 Å². The second-order valence-corrected chi connectivity index (χ2v) is 8.41. The van der Waals surface area contributed by atoms with Crippen LogP contribution in [0, 0.1) is 12.8 Å². The number of carbonyl (C=O) groups excluding carboxylic acids is 2. The maximum atomic E-state index is 13.4. The second kappa shape index (κ2) is 10.5. The fourth-order valence-electron chi connectivity index (χ4n) is 3.63. The van der Waals surface area contributed by atoms with Crippen molar-refractivity contribution in [1.82, 2.24) is 9.88 Å². The molecule has 36 heavy (non-hydrogen) atoms. The van der Waals surface area contributed by atoms with Crippen molar-refractivity contribution in [3.8, 4) is 11.5 Å². The van der Waals surface area contributed by atoms with E-state index in [0.717, 1.165) is 12.1 Å². The molecule has 0 aliphatic carbocycles. The summed E-state index contributed by atoms with van der Waals surface area (Å²) < 4.78 is 47.8. The van der Waals surface area contributed by atoms with Crippen LogP contribution in [-0.4, -0.2) is 47.5 Å². The standard InChI is InChI=1S/C24H22ClF3N2O6/c1-12(23(33)34)11-29-21(31)9-16-13(2)30(19-10-18(25)20(35-3)8-17(16)19)22(32)14-4-6-15(7-5-14)36-24(26,27)28/h4-8,10,12H,9,11H2,1-3H3,(H,29,31)(H,33,34). The fourth-order valence-corrected chi connectivity index (χ4v) is 3.86. The average molecular weight is 527 g/mol. The molecule has 8 nitrogen and oxygen atoms in total. The molecule has 1 aromatic heterocycles. The summed E-state index contributed by atoms with van der Waals surface area (Å²) in [6.07, 6.45) is -5.04. The lowest BCUT2D eigenvalue weighted by molar-refractivity contribution is -0.274. The van der Waals surface area contributed by atoms with Crippen LogP contribution in [-0.2, 0) is 16.0 Å². The van der Waals surface area contributed by atoms with Crippen molar-refractivity contribution in [3.05, 3.63) is 58.2 Å². The van der Waals surface area contributed by atoms with Crippen LogP contribution in [0.15, 0.2) is 36.4 Å². The van der Waals surface area contributed by atoms with Gasteiger partial charge in [0.25, 0.3) is 5.91 Å². The van der Waals surface area contributed by atoms with Crippen LogP contribution < -0.4 is 14.8 Å². The van der Waals surface area contributed by atoms with Gasteiger partial charge in [0.05, 0.1) is 30.0 Å². The van der Waals surface area contributed by atoms with Gasteiger partial charge in [0.1, 0.15) is 11.5 Å². The molecule has 0 fully saturated rings. The Balaban J connectivity index is 2.02. The first-order valence-electron chi connectivity index (χ1n) is 10.6. The number of carboxylic acid groups (broad SMARTS) is 1. The molecule has 2 N–H and O–H groups in total. The number of ether oxygens (including phenoxy) is 2. The fraction of sp³-hybridized carbons (Fsp3) is 0.292. The Bertz CT molecular complexity index is 1320. The van der Waals surface area contributed by atoms with Crippen molar-refractivity contribution >= 4 is 40.3 Å². The van der Waals surface area contributed by atoms with Crippen molar-refractivity contribution < 1.29 is 42.1 Å². The summed E-state index contributed by atoms with van der Waals surface area (Å²) in [7, 11) is 1.41. The van der Waals surface area contributed by atoms with Crippen LogP contribution in [0.1, 0.15) is 28.5 Å². The molecular formula is C24H22ClF3N2O6. The molecule has 0 saturated carbocycles. The number of hydrogen-bond donors (Lipinski definition) is 2. The summed E-state index contributed by atoms with van der Waals surface area (Å²) in [4.78, 5) is 37.0. The minimum atomic E-state index is -4.87. The van der Waals surface area contributed by atoms with E-state index in [1.54, 1.807) is 13.0 Å². The smallest absolute Gasteiger partial charge is 0.495 e. The van der Waals surface area contributed by atoms with Gasteiger partial charge in [-0.15, -0.1) is 13.2 Å². The Morgan fingerprint density at radius 2 is 1.81 bits per heavy atom. The Morgan fingerprint density at radius 3 is 2.36 bits per heavy atom. The van der Waals surface area contributed by atoms with Gasteiger partial charge in [-0.2, -0.15) is 0 Å². The molecule has 3 rings (SSSR count). The molecule has 1 heterocycles. The molecule has 1 atom stereocenters. The van der Waals surface area contributed by atoms with E-state index < -0.39 is 35.8 Å². The number of rotatable bonds is 8. The second-order valence-electron chi connectivity index (χ2n) is 8.00. The highest BCUT2D eigenvalue weighted by Crippen LogP contribution is 2.35. The van der Waals surface area contributed by atoms with Crippen LogP contribution >= 0.6 is 11.6 Å². The minimum Gasteiger partial charge on any atom is -0.495 e. The maximum absolute atomic E-state index is 13.4. The summed E-state index contributed by atoms with van der Waals surface area (Å²) in [5.74, 6) is -3.04. The predicted molar refractivity (Wildman–Crippen MR) is 125 cm³/mol. The highest BCUT2D eigenvalue weighted by Gasteiger charge is 2.31. The number of alkyl halides is 3. The number of aromatic nitrogens is 1. The van der Waals surface area contributed by atoms with E-state index in [4.69, 9.17) is 21.4 Å². The zero-order chi connectivity index (χ0) is 26.8. The van der Waals surface area contributed by atoms with Crippen molar-refractivity contribution in [2.24, 2.45) is 5.92 Å². The first kappa shape index (κ1) is 26.9. The molecule has 0 saturated heterocycles. The van der Waals surface area contributed by atoms with Crippen LogP contribution in [0.2, 0.25) is 5.02 Å². The molecule has 2 aromatic carbocycles. The molecule has 192 valence electrons. The van der Waals surface area contributed by atoms with Crippen molar-refractivity contribution in [2.45, 2.75) is 26.6 Å². The lowest BCUT2D eigenvalue weighted by atomic mass is 10.1. The molecular weight excluding hydrogens is 505 g/mol. The number of benzene rings is 2. The quantitative estimate of drug-likeness (QED) is 0.445. The number of halogens is 4. The van der Waals surface area contributed by atoms with Gasteiger partial charge in [-0.1, -0.05) is 18.5 Å². The zero-order valence-electron chi connectivity index (χ0n) is 19.4. The van der Waals surface area contributed by atoms with E-state index in [2.05, 4.69) is 10.1 Å². The van der Waals surface area contributed by atoms with E-state index in [1.165, 1.54) is 36.8 Å². The number of fused-ring (bicyclic) bond motifs is 1.